The summed E-state index contributed by atoms with van der Waals surface area (Å²) in [5.41, 5.74) is -0.337. The molecule has 0 radical (unpaired) electrons. The molecule has 6 heteroatoms. The van der Waals surface area contributed by atoms with Crippen molar-refractivity contribution in [1.29, 1.82) is 0 Å². The first-order chi connectivity index (χ1) is 6.52. The average molecular weight is 215 g/mol. The van der Waals surface area contributed by atoms with Gasteiger partial charge in [0.1, 0.15) is 0 Å². The van der Waals surface area contributed by atoms with Crippen molar-refractivity contribution < 1.29 is 8.42 Å². The molecule has 0 bridgehead atoms. The second-order valence-electron chi connectivity index (χ2n) is 3.82. The van der Waals surface area contributed by atoms with E-state index in [2.05, 4.69) is 15.0 Å². The van der Waals surface area contributed by atoms with E-state index in [1.165, 1.54) is 12.3 Å². The minimum absolute atomic E-state index is 0.283. The third kappa shape index (κ3) is 1.68. The fourth-order valence-electron chi connectivity index (χ4n) is 1.43. The largest absolute Gasteiger partial charge is 0.366 e. The molecule has 0 unspecified atom stereocenters. The third-order valence-electron chi connectivity index (χ3n) is 2.29. The van der Waals surface area contributed by atoms with Gasteiger partial charge in [0.25, 0.3) is 0 Å². The highest BCUT2D eigenvalue weighted by atomic mass is 32.2. The predicted octanol–water partition coefficient (Wildman–Crippen LogP) is -0.345. The Labute approximate surface area is 83.0 Å². The van der Waals surface area contributed by atoms with E-state index in [1.54, 1.807) is 6.20 Å². The summed E-state index contributed by atoms with van der Waals surface area (Å²) in [6, 6.07) is 1.54. The highest BCUT2D eigenvalue weighted by Gasteiger charge is 2.36. The van der Waals surface area contributed by atoms with Crippen LogP contribution in [0, 0.1) is 0 Å². The van der Waals surface area contributed by atoms with Crippen LogP contribution in [0.2, 0.25) is 0 Å². The molecule has 0 spiro atoms. The quantitative estimate of drug-likeness (QED) is 0.645. The van der Waals surface area contributed by atoms with Crippen molar-refractivity contribution in [2.24, 2.45) is 0 Å². The molecular formula is C8H13N3O2S. The zero-order valence-corrected chi connectivity index (χ0v) is 8.69. The molecule has 14 heavy (non-hydrogen) atoms. The van der Waals surface area contributed by atoms with Gasteiger partial charge < -0.3 is 10.3 Å². The van der Waals surface area contributed by atoms with Crippen molar-refractivity contribution in [1.82, 2.24) is 15.0 Å². The maximum Gasteiger partial charge on any atom is 0.242 e. The minimum Gasteiger partial charge on any atom is -0.366 e. The molecule has 2 rings (SSSR count). The highest BCUT2D eigenvalue weighted by molar-refractivity contribution is 7.89. The Bertz CT molecular complexity index is 406. The van der Waals surface area contributed by atoms with Crippen molar-refractivity contribution >= 4 is 10.0 Å². The third-order valence-corrected chi connectivity index (χ3v) is 3.93. The summed E-state index contributed by atoms with van der Waals surface area (Å²) in [4.78, 5) is 3.01. The Balaban J connectivity index is 2.18. The second kappa shape index (κ2) is 3.08. The number of aromatic nitrogens is 1. The zero-order chi connectivity index (χ0) is 10.2. The number of aromatic amines is 1. The molecule has 0 aliphatic carbocycles. The lowest BCUT2D eigenvalue weighted by molar-refractivity contribution is 0.279. The van der Waals surface area contributed by atoms with Gasteiger partial charge in [0.05, 0.1) is 10.4 Å². The summed E-state index contributed by atoms with van der Waals surface area (Å²) in [5, 5.41) is 3.03. The van der Waals surface area contributed by atoms with E-state index < -0.39 is 10.0 Å². The van der Waals surface area contributed by atoms with Crippen molar-refractivity contribution in [3.05, 3.63) is 18.5 Å². The molecule has 1 aliphatic rings. The van der Waals surface area contributed by atoms with Crippen LogP contribution in [0.1, 0.15) is 6.92 Å². The molecule has 2 heterocycles. The monoisotopic (exact) mass is 215 g/mol. The SMILES string of the molecule is CC1(NS(=O)(=O)c2cc[nH]c2)CNC1. The first-order valence-electron chi connectivity index (χ1n) is 4.39. The lowest BCUT2D eigenvalue weighted by Crippen LogP contribution is -2.66. The Morgan fingerprint density at radius 2 is 2.21 bits per heavy atom. The lowest BCUT2D eigenvalue weighted by atomic mass is 9.97. The molecule has 0 saturated carbocycles. The molecule has 1 aromatic rings. The van der Waals surface area contributed by atoms with Crippen LogP contribution < -0.4 is 10.0 Å². The van der Waals surface area contributed by atoms with Crippen LogP contribution in [0.4, 0.5) is 0 Å². The van der Waals surface area contributed by atoms with E-state index in [4.69, 9.17) is 0 Å². The Morgan fingerprint density at radius 3 is 2.64 bits per heavy atom. The van der Waals surface area contributed by atoms with Crippen LogP contribution in [0.5, 0.6) is 0 Å². The molecule has 5 nitrogen and oxygen atoms in total. The first kappa shape index (κ1) is 9.70. The van der Waals surface area contributed by atoms with Gasteiger partial charge in [-0.25, -0.2) is 13.1 Å². The Hall–Kier alpha value is -0.850. The maximum absolute atomic E-state index is 11.7. The fraction of sp³-hybridized carbons (Fsp3) is 0.500. The number of hydrogen-bond acceptors (Lipinski definition) is 3. The van der Waals surface area contributed by atoms with Gasteiger partial charge in [-0.05, 0) is 13.0 Å². The van der Waals surface area contributed by atoms with Gasteiger partial charge in [-0.15, -0.1) is 0 Å². The Morgan fingerprint density at radius 1 is 1.50 bits per heavy atom. The van der Waals surface area contributed by atoms with Crippen LogP contribution >= 0.6 is 0 Å². The van der Waals surface area contributed by atoms with Crippen molar-refractivity contribution in [3.8, 4) is 0 Å². The number of H-pyrrole nitrogens is 1. The minimum atomic E-state index is -3.36. The van der Waals surface area contributed by atoms with E-state index in [9.17, 15) is 8.42 Å². The lowest BCUT2D eigenvalue weighted by Gasteiger charge is -2.39. The fourth-order valence-corrected chi connectivity index (χ4v) is 2.81. The number of nitrogens with one attached hydrogen (secondary N) is 3. The summed E-state index contributed by atoms with van der Waals surface area (Å²) in [6.07, 6.45) is 3.06. The Kier molecular flexibility index (Phi) is 2.13. The van der Waals surface area contributed by atoms with Gasteiger partial charge in [-0.2, -0.15) is 0 Å². The first-order valence-corrected chi connectivity index (χ1v) is 5.88. The molecule has 0 aromatic carbocycles. The summed E-state index contributed by atoms with van der Waals surface area (Å²) in [5.74, 6) is 0. The number of sulfonamides is 1. The van der Waals surface area contributed by atoms with Crippen LogP contribution in [0.3, 0.4) is 0 Å². The molecular weight excluding hydrogens is 202 g/mol. The van der Waals surface area contributed by atoms with E-state index in [0.29, 0.717) is 13.1 Å². The summed E-state index contributed by atoms with van der Waals surface area (Å²) < 4.78 is 26.1. The molecule has 1 saturated heterocycles. The molecule has 78 valence electrons. The van der Waals surface area contributed by atoms with Crippen LogP contribution in [-0.2, 0) is 10.0 Å². The van der Waals surface area contributed by atoms with E-state index in [-0.39, 0.29) is 10.4 Å². The number of hydrogen-bond donors (Lipinski definition) is 3. The second-order valence-corrected chi connectivity index (χ2v) is 5.50. The van der Waals surface area contributed by atoms with Gasteiger partial charge in [0, 0.05) is 25.5 Å². The van der Waals surface area contributed by atoms with Gasteiger partial charge >= 0.3 is 0 Å². The molecule has 3 N–H and O–H groups in total. The molecule has 1 fully saturated rings. The molecule has 0 amide bonds. The smallest absolute Gasteiger partial charge is 0.242 e. The van der Waals surface area contributed by atoms with Crippen molar-refractivity contribution in [2.45, 2.75) is 17.4 Å². The highest BCUT2D eigenvalue weighted by Crippen LogP contribution is 2.15. The molecule has 0 atom stereocenters. The summed E-state index contributed by atoms with van der Waals surface area (Å²) >= 11 is 0. The van der Waals surface area contributed by atoms with Crippen LogP contribution in [0.25, 0.3) is 0 Å². The average Bonchev–Trinajstić information content (AvgIpc) is 2.52. The van der Waals surface area contributed by atoms with Gasteiger partial charge in [0.2, 0.25) is 10.0 Å². The summed E-state index contributed by atoms with van der Waals surface area (Å²) in [6.45, 7) is 3.24. The van der Waals surface area contributed by atoms with E-state index in [1.807, 2.05) is 6.92 Å². The molecule has 1 aromatic heterocycles. The van der Waals surface area contributed by atoms with Crippen LogP contribution in [0.15, 0.2) is 23.4 Å². The normalized spacial score (nSPS) is 20.4. The summed E-state index contributed by atoms with van der Waals surface area (Å²) in [7, 11) is -3.36. The van der Waals surface area contributed by atoms with E-state index in [0.717, 1.165) is 0 Å². The maximum atomic E-state index is 11.7. The van der Waals surface area contributed by atoms with Crippen molar-refractivity contribution in [2.75, 3.05) is 13.1 Å². The van der Waals surface area contributed by atoms with Gasteiger partial charge in [-0.1, -0.05) is 0 Å². The predicted molar refractivity (Wildman–Crippen MR) is 52.4 cm³/mol. The van der Waals surface area contributed by atoms with E-state index >= 15 is 0 Å². The van der Waals surface area contributed by atoms with Crippen LogP contribution in [-0.4, -0.2) is 32.0 Å². The zero-order valence-electron chi connectivity index (χ0n) is 7.87. The number of rotatable bonds is 3. The van der Waals surface area contributed by atoms with Gasteiger partial charge in [0.15, 0.2) is 0 Å². The topological polar surface area (TPSA) is 74.0 Å². The van der Waals surface area contributed by atoms with Gasteiger partial charge in [-0.3, -0.25) is 0 Å². The standard InChI is InChI=1S/C8H13N3O2S/c1-8(5-10-6-8)11-14(12,13)7-2-3-9-4-7/h2-4,9-11H,5-6H2,1H3. The molecule has 1 aliphatic heterocycles. The van der Waals surface area contributed by atoms with Crippen molar-refractivity contribution in [3.63, 3.8) is 0 Å².